The summed E-state index contributed by atoms with van der Waals surface area (Å²) in [6.07, 6.45) is 0.910. The van der Waals surface area contributed by atoms with E-state index in [0.717, 1.165) is 37.2 Å². The smallest absolute Gasteiger partial charge is 0.334 e. The lowest BCUT2D eigenvalue weighted by molar-refractivity contribution is 0.189. The Kier molecular flexibility index (Phi) is 9.74. The average molecular weight is 266 g/mol. The fourth-order valence-electron chi connectivity index (χ4n) is 1.55. The van der Waals surface area contributed by atoms with Crippen LogP contribution in [0.3, 0.4) is 0 Å². The minimum Gasteiger partial charge on any atom is -0.395 e. The first-order valence-electron chi connectivity index (χ1n) is 6.07. The summed E-state index contributed by atoms with van der Waals surface area (Å²) in [5.41, 5.74) is 0. The third-order valence-electron chi connectivity index (χ3n) is 2.18. The van der Waals surface area contributed by atoms with E-state index in [1.807, 2.05) is 20.8 Å². The maximum atomic E-state index is 9.12. The zero-order valence-electron chi connectivity index (χ0n) is 11.0. The molecule has 16 heavy (non-hydrogen) atoms. The standard InChI is InChI=1S/C11H26O3SSi/c1-5-13-16(4,14-6-2)9-7-8-15-10-11(3)12/h11-12H,5-10H2,1-4H3. The maximum Gasteiger partial charge on any atom is 0.334 e. The number of hydrogen-bond donors (Lipinski definition) is 1. The van der Waals surface area contributed by atoms with E-state index in [4.69, 9.17) is 14.0 Å². The first kappa shape index (κ1) is 16.4. The molecule has 0 aliphatic rings. The van der Waals surface area contributed by atoms with Gasteiger partial charge in [-0.2, -0.15) is 11.8 Å². The van der Waals surface area contributed by atoms with Crippen LogP contribution >= 0.6 is 11.8 Å². The third-order valence-corrected chi connectivity index (χ3v) is 6.53. The van der Waals surface area contributed by atoms with E-state index in [1.165, 1.54) is 0 Å². The lowest BCUT2D eigenvalue weighted by atomic mass is 10.5. The van der Waals surface area contributed by atoms with Crippen molar-refractivity contribution in [2.45, 2.75) is 45.9 Å². The molecule has 0 heterocycles. The van der Waals surface area contributed by atoms with Crippen LogP contribution in [0.2, 0.25) is 12.6 Å². The minimum absolute atomic E-state index is 0.201. The molecule has 0 rings (SSSR count). The van der Waals surface area contributed by atoms with Gasteiger partial charge in [0.15, 0.2) is 0 Å². The van der Waals surface area contributed by atoms with Crippen molar-refractivity contribution in [1.29, 1.82) is 0 Å². The lowest BCUT2D eigenvalue weighted by Gasteiger charge is -2.25. The molecule has 1 atom stereocenters. The maximum absolute atomic E-state index is 9.12. The Bertz CT molecular complexity index is 161. The normalized spacial score (nSPS) is 14.1. The van der Waals surface area contributed by atoms with Crippen molar-refractivity contribution in [3.63, 3.8) is 0 Å². The van der Waals surface area contributed by atoms with Crippen molar-refractivity contribution in [2.75, 3.05) is 24.7 Å². The number of thioether (sulfide) groups is 1. The predicted octanol–water partition coefficient (Wildman–Crippen LogP) is 2.64. The van der Waals surface area contributed by atoms with Gasteiger partial charge in [-0.05, 0) is 45.5 Å². The van der Waals surface area contributed by atoms with E-state index < -0.39 is 8.56 Å². The van der Waals surface area contributed by atoms with Crippen LogP contribution in [-0.2, 0) is 8.85 Å². The SMILES string of the molecule is CCO[Si](C)(CCCSCC(C)O)OCC. The van der Waals surface area contributed by atoms with Gasteiger partial charge in [-0.1, -0.05) is 0 Å². The van der Waals surface area contributed by atoms with Crippen molar-refractivity contribution < 1.29 is 14.0 Å². The molecule has 0 aromatic rings. The summed E-state index contributed by atoms with van der Waals surface area (Å²) in [6.45, 7) is 9.48. The molecule has 0 aliphatic carbocycles. The first-order valence-corrected chi connectivity index (χ1v) is 9.75. The van der Waals surface area contributed by atoms with E-state index in [0.29, 0.717) is 0 Å². The molecule has 0 saturated heterocycles. The zero-order valence-corrected chi connectivity index (χ0v) is 12.8. The van der Waals surface area contributed by atoms with Gasteiger partial charge < -0.3 is 14.0 Å². The second kappa shape index (κ2) is 9.47. The van der Waals surface area contributed by atoms with Crippen LogP contribution in [0.5, 0.6) is 0 Å². The van der Waals surface area contributed by atoms with E-state index in [1.54, 1.807) is 11.8 Å². The van der Waals surface area contributed by atoms with Crippen LogP contribution in [0.4, 0.5) is 0 Å². The van der Waals surface area contributed by atoms with E-state index >= 15 is 0 Å². The quantitative estimate of drug-likeness (QED) is 0.487. The van der Waals surface area contributed by atoms with Crippen molar-refractivity contribution in [2.24, 2.45) is 0 Å². The Morgan fingerprint density at radius 1 is 1.25 bits per heavy atom. The van der Waals surface area contributed by atoms with Crippen molar-refractivity contribution in [3.8, 4) is 0 Å². The van der Waals surface area contributed by atoms with E-state index in [-0.39, 0.29) is 6.10 Å². The van der Waals surface area contributed by atoms with Crippen LogP contribution in [0.1, 0.15) is 27.2 Å². The number of rotatable bonds is 10. The lowest BCUT2D eigenvalue weighted by Crippen LogP contribution is -2.38. The molecule has 0 spiro atoms. The van der Waals surface area contributed by atoms with Crippen LogP contribution in [0.15, 0.2) is 0 Å². The third kappa shape index (κ3) is 8.58. The van der Waals surface area contributed by atoms with Crippen molar-refractivity contribution in [3.05, 3.63) is 0 Å². The van der Waals surface area contributed by atoms with Crippen molar-refractivity contribution in [1.82, 2.24) is 0 Å². The molecule has 0 aliphatic heterocycles. The molecule has 0 fully saturated rings. The number of aliphatic hydroxyl groups excluding tert-OH is 1. The Morgan fingerprint density at radius 2 is 1.81 bits per heavy atom. The number of aliphatic hydroxyl groups is 1. The van der Waals surface area contributed by atoms with Gasteiger partial charge in [-0.25, -0.2) is 0 Å². The molecular formula is C11H26O3SSi. The Balaban J connectivity index is 3.67. The van der Waals surface area contributed by atoms with Gasteiger partial charge in [0.25, 0.3) is 0 Å². The molecule has 5 heteroatoms. The Hall–Kier alpha value is 0.447. The van der Waals surface area contributed by atoms with Crippen LogP contribution in [0, 0.1) is 0 Å². The monoisotopic (exact) mass is 266 g/mol. The molecule has 3 nitrogen and oxygen atoms in total. The molecule has 0 aromatic carbocycles. The summed E-state index contributed by atoms with van der Waals surface area (Å²) in [6, 6.07) is 1.04. The van der Waals surface area contributed by atoms with Gasteiger partial charge >= 0.3 is 8.56 Å². The summed E-state index contributed by atoms with van der Waals surface area (Å²) in [5.74, 6) is 1.90. The van der Waals surface area contributed by atoms with Gasteiger partial charge in [0.2, 0.25) is 0 Å². The Morgan fingerprint density at radius 3 is 2.25 bits per heavy atom. The molecule has 0 radical (unpaired) electrons. The molecule has 0 aromatic heterocycles. The first-order chi connectivity index (χ1) is 7.54. The van der Waals surface area contributed by atoms with Crippen LogP contribution < -0.4 is 0 Å². The highest BCUT2D eigenvalue weighted by Gasteiger charge is 2.29. The van der Waals surface area contributed by atoms with Crippen LogP contribution in [0.25, 0.3) is 0 Å². The van der Waals surface area contributed by atoms with Gasteiger partial charge in [-0.15, -0.1) is 0 Å². The molecule has 98 valence electrons. The van der Waals surface area contributed by atoms with Gasteiger partial charge in [0, 0.05) is 19.0 Å². The minimum atomic E-state index is -1.90. The zero-order chi connectivity index (χ0) is 12.4. The van der Waals surface area contributed by atoms with Crippen molar-refractivity contribution >= 4 is 20.3 Å². The van der Waals surface area contributed by atoms with Gasteiger partial charge in [0.05, 0.1) is 6.10 Å². The summed E-state index contributed by atoms with van der Waals surface area (Å²) in [5, 5.41) is 9.12. The molecule has 0 bridgehead atoms. The summed E-state index contributed by atoms with van der Waals surface area (Å²) in [7, 11) is -1.90. The molecule has 1 N–H and O–H groups in total. The largest absolute Gasteiger partial charge is 0.395 e. The van der Waals surface area contributed by atoms with Gasteiger partial charge in [-0.3, -0.25) is 0 Å². The predicted molar refractivity (Wildman–Crippen MR) is 73.3 cm³/mol. The van der Waals surface area contributed by atoms with Crippen LogP contribution in [-0.4, -0.2) is 44.5 Å². The molecule has 0 saturated carbocycles. The second-order valence-corrected chi connectivity index (χ2v) is 8.52. The highest BCUT2D eigenvalue weighted by molar-refractivity contribution is 7.99. The summed E-state index contributed by atoms with van der Waals surface area (Å²) in [4.78, 5) is 0. The summed E-state index contributed by atoms with van der Waals surface area (Å²) < 4.78 is 11.5. The second-order valence-electron chi connectivity index (χ2n) is 4.03. The number of hydrogen-bond acceptors (Lipinski definition) is 4. The van der Waals surface area contributed by atoms with E-state index in [2.05, 4.69) is 6.55 Å². The molecule has 1 unspecified atom stereocenters. The Labute approximate surface area is 105 Å². The van der Waals surface area contributed by atoms with Gasteiger partial charge in [0.1, 0.15) is 0 Å². The molecule has 0 amide bonds. The fourth-order valence-corrected chi connectivity index (χ4v) is 5.07. The summed E-state index contributed by atoms with van der Waals surface area (Å²) >= 11 is 1.80. The van der Waals surface area contributed by atoms with E-state index in [9.17, 15) is 0 Å². The highest BCUT2D eigenvalue weighted by atomic mass is 32.2. The molecular weight excluding hydrogens is 240 g/mol. The topological polar surface area (TPSA) is 38.7 Å². The average Bonchev–Trinajstić information content (AvgIpc) is 2.17. The highest BCUT2D eigenvalue weighted by Crippen LogP contribution is 2.18. The fraction of sp³-hybridized carbons (Fsp3) is 1.00.